The number of nitrogens with zero attached hydrogens (tertiary/aromatic N) is 5. The Labute approximate surface area is 168 Å². The maximum absolute atomic E-state index is 12.7. The maximum atomic E-state index is 12.7. The summed E-state index contributed by atoms with van der Waals surface area (Å²) < 4.78 is 3.57. The first kappa shape index (κ1) is 18.9. The lowest BCUT2D eigenvalue weighted by atomic mass is 10.0. The Hall–Kier alpha value is -3.42. The summed E-state index contributed by atoms with van der Waals surface area (Å²) in [5, 5.41) is 17.6. The van der Waals surface area contributed by atoms with E-state index in [2.05, 4.69) is 10.2 Å². The summed E-state index contributed by atoms with van der Waals surface area (Å²) in [5.74, 6) is -0.848. The van der Waals surface area contributed by atoms with Crippen molar-refractivity contribution in [1.29, 1.82) is 0 Å². The van der Waals surface area contributed by atoms with Crippen LogP contribution in [-0.2, 0) is 11.2 Å². The smallest absolute Gasteiger partial charge is 0.339 e. The molecule has 0 aliphatic carbocycles. The highest BCUT2D eigenvalue weighted by molar-refractivity contribution is 5.88. The van der Waals surface area contributed by atoms with Crippen molar-refractivity contribution in [3.05, 3.63) is 65.7 Å². The molecule has 0 saturated carbocycles. The average Bonchev–Trinajstić information content (AvgIpc) is 3.39. The van der Waals surface area contributed by atoms with Gasteiger partial charge in [-0.25, -0.2) is 9.48 Å². The van der Waals surface area contributed by atoms with Gasteiger partial charge in [-0.15, -0.1) is 0 Å². The zero-order valence-corrected chi connectivity index (χ0v) is 16.2. The van der Waals surface area contributed by atoms with Gasteiger partial charge in [0.05, 0.1) is 30.0 Å². The van der Waals surface area contributed by atoms with Gasteiger partial charge in [0.25, 0.3) is 0 Å². The number of carbonyl (C=O) groups excluding carboxylic acids is 1. The molecule has 0 unspecified atom stereocenters. The van der Waals surface area contributed by atoms with Crippen molar-refractivity contribution in [3.63, 3.8) is 0 Å². The Morgan fingerprint density at radius 3 is 2.45 bits per heavy atom. The summed E-state index contributed by atoms with van der Waals surface area (Å²) in [6.45, 7) is 3.08. The van der Waals surface area contributed by atoms with E-state index in [1.54, 1.807) is 22.5 Å². The van der Waals surface area contributed by atoms with Crippen LogP contribution in [0.4, 0.5) is 0 Å². The Balaban J connectivity index is 1.34. The van der Waals surface area contributed by atoms with Gasteiger partial charge in [-0.2, -0.15) is 10.2 Å². The molecule has 1 fully saturated rings. The zero-order chi connectivity index (χ0) is 20.4. The van der Waals surface area contributed by atoms with E-state index in [-0.39, 0.29) is 17.5 Å². The van der Waals surface area contributed by atoms with Crippen LogP contribution in [-0.4, -0.2) is 54.5 Å². The van der Waals surface area contributed by atoms with Crippen LogP contribution in [0, 0.1) is 6.92 Å². The standard InChI is InChI=1S/C21H23N5O3/c1-15-19(21(28)29)14-23-26(15)18-7-11-24(12-8-18)20(27)13-16-3-5-17(6-4-16)25-10-2-9-22-25/h2-6,9-10,14,18H,7-8,11-13H2,1H3,(H,28,29). The molecule has 1 aliphatic heterocycles. The molecule has 0 bridgehead atoms. The van der Waals surface area contributed by atoms with Gasteiger partial charge in [-0.3, -0.25) is 9.48 Å². The topological polar surface area (TPSA) is 93.3 Å². The fraction of sp³-hybridized carbons (Fsp3) is 0.333. The second-order valence-electron chi connectivity index (χ2n) is 7.30. The average molecular weight is 393 g/mol. The van der Waals surface area contributed by atoms with E-state index < -0.39 is 5.97 Å². The molecule has 0 radical (unpaired) electrons. The minimum absolute atomic E-state index is 0.110. The van der Waals surface area contributed by atoms with Crippen molar-refractivity contribution in [2.24, 2.45) is 0 Å². The van der Waals surface area contributed by atoms with Crippen LogP contribution in [0.2, 0.25) is 0 Å². The molecule has 0 atom stereocenters. The Bertz CT molecular complexity index is 1000. The lowest BCUT2D eigenvalue weighted by molar-refractivity contribution is -0.131. The van der Waals surface area contributed by atoms with E-state index in [1.807, 2.05) is 41.4 Å². The zero-order valence-electron chi connectivity index (χ0n) is 16.2. The summed E-state index contributed by atoms with van der Waals surface area (Å²) in [6.07, 6.45) is 6.92. The van der Waals surface area contributed by atoms with E-state index in [4.69, 9.17) is 0 Å². The first-order valence-corrected chi connectivity index (χ1v) is 9.67. The predicted molar refractivity (Wildman–Crippen MR) is 106 cm³/mol. The van der Waals surface area contributed by atoms with Crippen LogP contribution >= 0.6 is 0 Å². The molecule has 150 valence electrons. The number of piperidine rings is 1. The largest absolute Gasteiger partial charge is 0.478 e. The van der Waals surface area contributed by atoms with Crippen molar-refractivity contribution in [3.8, 4) is 5.69 Å². The molecule has 1 saturated heterocycles. The third-order valence-corrected chi connectivity index (χ3v) is 5.50. The van der Waals surface area contributed by atoms with Crippen molar-refractivity contribution in [2.45, 2.75) is 32.2 Å². The predicted octanol–water partition coefficient (Wildman–Crippen LogP) is 2.48. The number of carboxylic acids is 1. The minimum atomic E-state index is -0.958. The molecular formula is C21H23N5O3. The molecule has 1 amide bonds. The second-order valence-corrected chi connectivity index (χ2v) is 7.30. The number of aromatic carboxylic acids is 1. The highest BCUT2D eigenvalue weighted by atomic mass is 16.4. The van der Waals surface area contributed by atoms with Crippen LogP contribution in [0.1, 0.15) is 40.5 Å². The van der Waals surface area contributed by atoms with E-state index in [1.165, 1.54) is 6.20 Å². The first-order chi connectivity index (χ1) is 14.0. The van der Waals surface area contributed by atoms with Crippen LogP contribution < -0.4 is 0 Å². The molecule has 3 aromatic rings. The summed E-state index contributed by atoms with van der Waals surface area (Å²) in [6, 6.07) is 9.84. The van der Waals surface area contributed by atoms with E-state index in [0.717, 1.165) is 24.1 Å². The molecule has 4 rings (SSSR count). The highest BCUT2D eigenvalue weighted by Crippen LogP contribution is 2.25. The van der Waals surface area contributed by atoms with Gasteiger partial charge in [-0.1, -0.05) is 12.1 Å². The number of amides is 1. The number of aromatic nitrogens is 4. The fourth-order valence-corrected chi connectivity index (χ4v) is 3.84. The van der Waals surface area contributed by atoms with Crippen LogP contribution in [0.5, 0.6) is 0 Å². The normalized spacial score (nSPS) is 14.9. The molecule has 3 heterocycles. The summed E-state index contributed by atoms with van der Waals surface area (Å²) >= 11 is 0. The van der Waals surface area contributed by atoms with E-state index in [9.17, 15) is 14.7 Å². The van der Waals surface area contributed by atoms with Gasteiger partial charge in [0.1, 0.15) is 5.56 Å². The summed E-state index contributed by atoms with van der Waals surface area (Å²) in [4.78, 5) is 25.8. The Morgan fingerprint density at radius 2 is 1.86 bits per heavy atom. The van der Waals surface area contributed by atoms with Crippen LogP contribution in [0.25, 0.3) is 5.69 Å². The lowest BCUT2D eigenvalue weighted by Gasteiger charge is -2.32. The van der Waals surface area contributed by atoms with Crippen molar-refractivity contribution in [2.75, 3.05) is 13.1 Å². The van der Waals surface area contributed by atoms with E-state index in [0.29, 0.717) is 25.2 Å². The van der Waals surface area contributed by atoms with Crippen molar-refractivity contribution >= 4 is 11.9 Å². The van der Waals surface area contributed by atoms with Crippen molar-refractivity contribution < 1.29 is 14.7 Å². The highest BCUT2D eigenvalue weighted by Gasteiger charge is 2.26. The number of carboxylic acid groups (broad SMARTS) is 1. The first-order valence-electron chi connectivity index (χ1n) is 9.67. The third kappa shape index (κ3) is 3.91. The molecule has 29 heavy (non-hydrogen) atoms. The van der Waals surface area contributed by atoms with E-state index >= 15 is 0 Å². The molecular weight excluding hydrogens is 370 g/mol. The van der Waals surface area contributed by atoms with Gasteiger partial charge in [0, 0.05) is 25.5 Å². The molecule has 8 nitrogen and oxygen atoms in total. The fourth-order valence-electron chi connectivity index (χ4n) is 3.84. The quantitative estimate of drug-likeness (QED) is 0.719. The Kier molecular flexibility index (Phi) is 5.16. The summed E-state index contributed by atoms with van der Waals surface area (Å²) in [7, 11) is 0. The van der Waals surface area contributed by atoms with Gasteiger partial charge >= 0.3 is 5.97 Å². The number of benzene rings is 1. The minimum Gasteiger partial charge on any atom is -0.478 e. The number of carbonyl (C=O) groups is 2. The molecule has 8 heteroatoms. The van der Waals surface area contributed by atoms with Crippen LogP contribution in [0.3, 0.4) is 0 Å². The molecule has 1 aromatic carbocycles. The van der Waals surface area contributed by atoms with Gasteiger partial charge in [0.2, 0.25) is 5.91 Å². The summed E-state index contributed by atoms with van der Waals surface area (Å²) in [5.41, 5.74) is 2.84. The Morgan fingerprint density at radius 1 is 1.14 bits per heavy atom. The van der Waals surface area contributed by atoms with Gasteiger partial charge in [-0.05, 0) is 43.5 Å². The number of likely N-dealkylation sites (tertiary alicyclic amines) is 1. The van der Waals surface area contributed by atoms with Gasteiger partial charge < -0.3 is 10.0 Å². The maximum Gasteiger partial charge on any atom is 0.339 e. The van der Waals surface area contributed by atoms with Crippen LogP contribution in [0.15, 0.2) is 48.9 Å². The molecule has 2 aromatic heterocycles. The van der Waals surface area contributed by atoms with Gasteiger partial charge in [0.15, 0.2) is 0 Å². The molecule has 0 spiro atoms. The van der Waals surface area contributed by atoms with Crippen molar-refractivity contribution in [1.82, 2.24) is 24.5 Å². The lowest BCUT2D eigenvalue weighted by Crippen LogP contribution is -2.40. The second kappa shape index (κ2) is 7.90. The third-order valence-electron chi connectivity index (χ3n) is 5.50. The monoisotopic (exact) mass is 393 g/mol. The SMILES string of the molecule is Cc1c(C(=O)O)cnn1C1CCN(C(=O)Cc2ccc(-n3cccn3)cc2)CC1. The number of rotatable bonds is 5. The molecule has 1 N–H and O–H groups in total. The number of hydrogen-bond acceptors (Lipinski definition) is 4. The molecule has 1 aliphatic rings. The number of hydrogen-bond donors (Lipinski definition) is 1.